The molecule has 3 nitrogen and oxygen atoms in total. The van der Waals surface area contributed by atoms with E-state index < -0.39 is 6.43 Å². The maximum absolute atomic E-state index is 12.3. The fourth-order valence-electron chi connectivity index (χ4n) is 0.804. The Hall–Kier alpha value is -1.10. The lowest BCUT2D eigenvalue weighted by Crippen LogP contribution is -1.99. The second-order valence-corrected chi connectivity index (χ2v) is 2.62. The van der Waals surface area contributed by atoms with E-state index in [-0.39, 0.29) is 22.3 Å². The summed E-state index contributed by atoms with van der Waals surface area (Å²) in [5.74, 6) is 0.0227. The number of anilines is 1. The topological polar surface area (TPSA) is 48.1 Å². The number of hydrogen-bond donors (Lipinski definition) is 1. The first-order valence-corrected chi connectivity index (χ1v) is 3.72. The highest BCUT2D eigenvalue weighted by Gasteiger charge is 2.16. The van der Waals surface area contributed by atoms with Crippen LogP contribution in [0.15, 0.2) is 6.07 Å². The second kappa shape index (κ2) is 3.74. The van der Waals surface area contributed by atoms with Gasteiger partial charge in [-0.2, -0.15) is 4.98 Å². The molecule has 0 fully saturated rings. The molecule has 0 radical (unpaired) electrons. The Morgan fingerprint density at radius 3 is 2.69 bits per heavy atom. The molecule has 0 saturated carbocycles. The summed E-state index contributed by atoms with van der Waals surface area (Å²) in [7, 11) is 1.31. The normalized spacial score (nSPS) is 10.5. The lowest BCUT2D eigenvalue weighted by atomic mass is 10.2. The Morgan fingerprint density at radius 2 is 2.23 bits per heavy atom. The van der Waals surface area contributed by atoms with E-state index in [0.29, 0.717) is 0 Å². The van der Waals surface area contributed by atoms with Crippen LogP contribution in [0.5, 0.6) is 5.88 Å². The van der Waals surface area contributed by atoms with Crippen LogP contribution in [-0.2, 0) is 0 Å². The molecule has 0 atom stereocenters. The smallest absolute Gasteiger partial charge is 0.266 e. The zero-order chi connectivity index (χ0) is 10.0. The highest BCUT2D eigenvalue weighted by atomic mass is 35.5. The molecule has 1 heterocycles. The number of hydrogen-bond acceptors (Lipinski definition) is 3. The van der Waals surface area contributed by atoms with E-state index in [2.05, 4.69) is 9.72 Å². The summed E-state index contributed by atoms with van der Waals surface area (Å²) in [6.07, 6.45) is -2.69. The number of pyridine rings is 1. The van der Waals surface area contributed by atoms with Gasteiger partial charge < -0.3 is 10.5 Å². The number of nitrogens with two attached hydrogens (primary N) is 1. The van der Waals surface area contributed by atoms with Gasteiger partial charge in [-0.05, 0) is 0 Å². The number of halogens is 3. The van der Waals surface area contributed by atoms with E-state index in [1.165, 1.54) is 7.11 Å². The standard InChI is InChI=1S/C7H7ClF2N2O/c1-13-4-2-3(7(9)10)5(11)6(8)12-4/h2,7H,11H2,1H3. The van der Waals surface area contributed by atoms with Gasteiger partial charge in [0.25, 0.3) is 6.43 Å². The summed E-state index contributed by atoms with van der Waals surface area (Å²) >= 11 is 5.49. The molecule has 0 amide bonds. The van der Waals surface area contributed by atoms with E-state index in [1.54, 1.807) is 0 Å². The summed E-state index contributed by atoms with van der Waals surface area (Å²) in [4.78, 5) is 3.62. The molecule has 0 bridgehead atoms. The summed E-state index contributed by atoms with van der Waals surface area (Å²) in [6, 6.07) is 1.06. The summed E-state index contributed by atoms with van der Waals surface area (Å²) in [5.41, 5.74) is 4.70. The van der Waals surface area contributed by atoms with E-state index in [0.717, 1.165) is 6.07 Å². The Bertz CT molecular complexity index is 320. The van der Waals surface area contributed by atoms with Crippen molar-refractivity contribution < 1.29 is 13.5 Å². The highest BCUT2D eigenvalue weighted by Crippen LogP contribution is 2.32. The molecular weight excluding hydrogens is 202 g/mol. The molecule has 0 aliphatic rings. The molecule has 0 aliphatic carbocycles. The SMILES string of the molecule is COc1cc(C(F)F)c(N)c(Cl)n1. The van der Waals surface area contributed by atoms with Crippen molar-refractivity contribution in [3.05, 3.63) is 16.8 Å². The molecule has 0 aromatic carbocycles. The number of nitrogen functional groups attached to an aromatic ring is 1. The minimum absolute atomic E-state index is 0.0227. The number of alkyl halides is 2. The van der Waals surface area contributed by atoms with Crippen molar-refractivity contribution in [1.82, 2.24) is 4.98 Å². The zero-order valence-electron chi connectivity index (χ0n) is 6.72. The Balaban J connectivity index is 3.25. The Morgan fingerprint density at radius 1 is 1.62 bits per heavy atom. The van der Waals surface area contributed by atoms with Crippen molar-refractivity contribution in [3.63, 3.8) is 0 Å². The van der Waals surface area contributed by atoms with Crippen LogP contribution in [0.25, 0.3) is 0 Å². The van der Waals surface area contributed by atoms with Gasteiger partial charge in [-0.25, -0.2) is 8.78 Å². The van der Waals surface area contributed by atoms with Gasteiger partial charge in [-0.1, -0.05) is 11.6 Å². The van der Waals surface area contributed by atoms with Crippen LogP contribution in [0.1, 0.15) is 12.0 Å². The fraction of sp³-hybridized carbons (Fsp3) is 0.286. The van der Waals surface area contributed by atoms with Gasteiger partial charge in [0.05, 0.1) is 12.8 Å². The van der Waals surface area contributed by atoms with Gasteiger partial charge in [-0.15, -0.1) is 0 Å². The largest absolute Gasteiger partial charge is 0.481 e. The predicted molar refractivity (Wildman–Crippen MR) is 45.2 cm³/mol. The lowest BCUT2D eigenvalue weighted by molar-refractivity contribution is 0.151. The highest BCUT2D eigenvalue weighted by molar-refractivity contribution is 6.32. The fourth-order valence-corrected chi connectivity index (χ4v) is 0.997. The van der Waals surface area contributed by atoms with E-state index >= 15 is 0 Å². The molecule has 1 rings (SSSR count). The van der Waals surface area contributed by atoms with Gasteiger partial charge in [0.2, 0.25) is 5.88 Å². The third kappa shape index (κ3) is 1.98. The van der Waals surface area contributed by atoms with Gasteiger partial charge >= 0.3 is 0 Å². The van der Waals surface area contributed by atoms with Crippen molar-refractivity contribution in [2.24, 2.45) is 0 Å². The van der Waals surface area contributed by atoms with E-state index in [9.17, 15) is 8.78 Å². The molecule has 0 aliphatic heterocycles. The number of rotatable bonds is 2. The van der Waals surface area contributed by atoms with Gasteiger partial charge in [0.15, 0.2) is 5.15 Å². The first-order chi connectivity index (χ1) is 6.06. The molecule has 72 valence electrons. The first kappa shape index (κ1) is 9.98. The zero-order valence-corrected chi connectivity index (χ0v) is 7.48. The average molecular weight is 209 g/mol. The molecule has 0 spiro atoms. The third-order valence-corrected chi connectivity index (χ3v) is 1.75. The van der Waals surface area contributed by atoms with Gasteiger partial charge in [0.1, 0.15) is 0 Å². The molecule has 0 saturated heterocycles. The number of ether oxygens (including phenoxy) is 1. The molecule has 1 aromatic rings. The Kier molecular flexibility index (Phi) is 2.87. The van der Waals surface area contributed by atoms with E-state index in [1.807, 2.05) is 0 Å². The average Bonchev–Trinajstić information content (AvgIpc) is 2.09. The molecule has 1 aromatic heterocycles. The van der Waals surface area contributed by atoms with Crippen LogP contribution in [-0.4, -0.2) is 12.1 Å². The molecule has 2 N–H and O–H groups in total. The van der Waals surface area contributed by atoms with Crippen molar-refractivity contribution in [2.45, 2.75) is 6.43 Å². The van der Waals surface area contributed by atoms with Crippen molar-refractivity contribution in [2.75, 3.05) is 12.8 Å². The Labute approximate surface area is 78.5 Å². The van der Waals surface area contributed by atoms with Crippen LogP contribution < -0.4 is 10.5 Å². The summed E-state index contributed by atoms with van der Waals surface area (Å²) in [6.45, 7) is 0. The van der Waals surface area contributed by atoms with Gasteiger partial charge in [-0.3, -0.25) is 0 Å². The van der Waals surface area contributed by atoms with Crippen LogP contribution in [0.2, 0.25) is 5.15 Å². The lowest BCUT2D eigenvalue weighted by Gasteiger charge is -2.07. The van der Waals surface area contributed by atoms with Crippen LogP contribution in [0.4, 0.5) is 14.5 Å². The molecular formula is C7H7ClF2N2O. The summed E-state index contributed by atoms with van der Waals surface area (Å²) in [5, 5.41) is -0.172. The van der Waals surface area contributed by atoms with Crippen molar-refractivity contribution >= 4 is 17.3 Å². The van der Waals surface area contributed by atoms with Crippen LogP contribution in [0.3, 0.4) is 0 Å². The first-order valence-electron chi connectivity index (χ1n) is 3.34. The quantitative estimate of drug-likeness (QED) is 0.759. The van der Waals surface area contributed by atoms with Crippen molar-refractivity contribution in [3.8, 4) is 5.88 Å². The second-order valence-electron chi connectivity index (χ2n) is 2.26. The van der Waals surface area contributed by atoms with Crippen LogP contribution >= 0.6 is 11.6 Å². The number of methoxy groups -OCH3 is 1. The third-order valence-electron chi connectivity index (χ3n) is 1.46. The number of aromatic nitrogens is 1. The van der Waals surface area contributed by atoms with Crippen LogP contribution in [0, 0.1) is 0 Å². The van der Waals surface area contributed by atoms with E-state index in [4.69, 9.17) is 17.3 Å². The monoisotopic (exact) mass is 208 g/mol. The maximum Gasteiger partial charge on any atom is 0.266 e. The van der Waals surface area contributed by atoms with Crippen molar-refractivity contribution in [1.29, 1.82) is 0 Å². The molecule has 13 heavy (non-hydrogen) atoms. The number of nitrogens with zero attached hydrogens (tertiary/aromatic N) is 1. The minimum Gasteiger partial charge on any atom is -0.481 e. The molecule has 6 heteroatoms. The summed E-state index contributed by atoms with van der Waals surface area (Å²) < 4.78 is 29.3. The predicted octanol–water partition coefficient (Wildman–Crippen LogP) is 2.26. The minimum atomic E-state index is -2.69. The van der Waals surface area contributed by atoms with Gasteiger partial charge in [0, 0.05) is 11.6 Å². The molecule has 0 unspecified atom stereocenters. The maximum atomic E-state index is 12.3.